The van der Waals surface area contributed by atoms with E-state index in [0.29, 0.717) is 36.0 Å². The number of hydrogen-bond acceptors (Lipinski definition) is 3. The van der Waals surface area contributed by atoms with Crippen LogP contribution in [0.2, 0.25) is 5.02 Å². The van der Waals surface area contributed by atoms with E-state index >= 15 is 0 Å². The largest absolute Gasteiger partial charge is 0.376 e. The third-order valence-corrected chi connectivity index (χ3v) is 3.21. The van der Waals surface area contributed by atoms with Gasteiger partial charge in [-0.2, -0.15) is 0 Å². The summed E-state index contributed by atoms with van der Waals surface area (Å²) in [5, 5.41) is 0.328. The fourth-order valence-corrected chi connectivity index (χ4v) is 2.12. The zero-order chi connectivity index (χ0) is 12.4. The summed E-state index contributed by atoms with van der Waals surface area (Å²) in [6.07, 6.45) is -0.230. The molecule has 1 aromatic carbocycles. The minimum Gasteiger partial charge on any atom is -0.376 e. The predicted molar refractivity (Wildman–Crippen MR) is 63.6 cm³/mol. The van der Waals surface area contributed by atoms with Gasteiger partial charge in [0.05, 0.1) is 25.9 Å². The average molecular weight is 260 g/mol. The lowest BCUT2D eigenvalue weighted by Gasteiger charge is -2.28. The van der Waals surface area contributed by atoms with E-state index in [9.17, 15) is 4.39 Å². The molecule has 94 valence electrons. The Kier molecular flexibility index (Phi) is 3.99. The van der Waals surface area contributed by atoms with Crippen molar-refractivity contribution in [3.05, 3.63) is 34.1 Å². The van der Waals surface area contributed by atoms with Crippen LogP contribution < -0.4 is 5.73 Å². The van der Waals surface area contributed by atoms with E-state index in [4.69, 9.17) is 26.8 Å². The summed E-state index contributed by atoms with van der Waals surface area (Å²) in [5.74, 6) is -0.327. The Bertz CT molecular complexity index is 408. The van der Waals surface area contributed by atoms with Crippen LogP contribution in [0.1, 0.15) is 17.2 Å². The number of aryl methyl sites for hydroxylation is 1. The number of nitrogens with two attached hydrogens (primary N) is 1. The van der Waals surface area contributed by atoms with Crippen LogP contribution >= 0.6 is 11.6 Å². The van der Waals surface area contributed by atoms with Crippen LogP contribution in [-0.4, -0.2) is 25.9 Å². The molecule has 17 heavy (non-hydrogen) atoms. The minimum atomic E-state index is -0.401. The lowest BCUT2D eigenvalue weighted by atomic mass is 10.00. The highest BCUT2D eigenvalue weighted by atomic mass is 35.5. The Hall–Kier alpha value is -0.680. The second kappa shape index (κ2) is 5.31. The number of ether oxygens (including phenoxy) is 2. The zero-order valence-corrected chi connectivity index (χ0v) is 10.3. The Balaban J connectivity index is 2.23. The molecule has 0 aliphatic carbocycles. The summed E-state index contributed by atoms with van der Waals surface area (Å²) in [7, 11) is 0. The Morgan fingerprint density at radius 2 is 2.24 bits per heavy atom. The number of rotatable bonds is 2. The normalized spacial score (nSPS) is 22.5. The van der Waals surface area contributed by atoms with Gasteiger partial charge in [0.2, 0.25) is 0 Å². The molecule has 1 heterocycles. The van der Waals surface area contributed by atoms with Crippen LogP contribution in [0, 0.1) is 12.7 Å². The molecule has 2 rings (SSSR count). The first-order chi connectivity index (χ1) is 8.09. The standard InChI is InChI=1S/C12H15ClFNO2/c1-7-4-8(9(13)5-10(7)14)12(15)11-6-16-2-3-17-11/h4-5,11-12H,2-3,6,15H2,1H3. The smallest absolute Gasteiger partial charge is 0.127 e. The van der Waals surface area contributed by atoms with E-state index in [1.807, 2.05) is 0 Å². The molecule has 0 bridgehead atoms. The first kappa shape index (κ1) is 12.8. The second-order valence-electron chi connectivity index (χ2n) is 4.13. The van der Waals surface area contributed by atoms with Crippen molar-refractivity contribution in [2.45, 2.75) is 19.1 Å². The maximum Gasteiger partial charge on any atom is 0.127 e. The first-order valence-corrected chi connectivity index (χ1v) is 5.88. The van der Waals surface area contributed by atoms with Gasteiger partial charge in [0.25, 0.3) is 0 Å². The van der Waals surface area contributed by atoms with Crippen molar-refractivity contribution < 1.29 is 13.9 Å². The average Bonchev–Trinajstić information content (AvgIpc) is 2.34. The van der Waals surface area contributed by atoms with Gasteiger partial charge in [-0.05, 0) is 24.1 Å². The summed E-state index contributed by atoms with van der Waals surface area (Å²) in [5.41, 5.74) is 7.30. The second-order valence-corrected chi connectivity index (χ2v) is 4.54. The van der Waals surface area contributed by atoms with E-state index in [1.54, 1.807) is 13.0 Å². The van der Waals surface area contributed by atoms with Crippen molar-refractivity contribution in [2.24, 2.45) is 5.73 Å². The van der Waals surface area contributed by atoms with Crippen LogP contribution in [-0.2, 0) is 9.47 Å². The molecule has 0 amide bonds. The molecule has 1 aromatic rings. The van der Waals surface area contributed by atoms with Gasteiger partial charge in [-0.15, -0.1) is 0 Å². The fourth-order valence-electron chi connectivity index (χ4n) is 1.85. The molecule has 2 N–H and O–H groups in total. The number of halogens is 2. The van der Waals surface area contributed by atoms with Crippen molar-refractivity contribution in [3.63, 3.8) is 0 Å². The van der Waals surface area contributed by atoms with E-state index in [0.717, 1.165) is 0 Å². The van der Waals surface area contributed by atoms with Crippen LogP contribution in [0.5, 0.6) is 0 Å². The van der Waals surface area contributed by atoms with E-state index in [1.165, 1.54) is 6.07 Å². The predicted octanol–water partition coefficient (Wildman–Crippen LogP) is 2.20. The van der Waals surface area contributed by atoms with Crippen LogP contribution in [0.3, 0.4) is 0 Å². The molecule has 5 heteroatoms. The summed E-state index contributed by atoms with van der Waals surface area (Å²) >= 11 is 6.00. The molecule has 1 aliphatic heterocycles. The van der Waals surface area contributed by atoms with E-state index in [-0.39, 0.29) is 11.9 Å². The Morgan fingerprint density at radius 1 is 1.47 bits per heavy atom. The molecule has 2 unspecified atom stereocenters. The molecule has 3 nitrogen and oxygen atoms in total. The molecular weight excluding hydrogens is 245 g/mol. The van der Waals surface area contributed by atoms with Crippen LogP contribution in [0.25, 0.3) is 0 Å². The minimum absolute atomic E-state index is 0.230. The van der Waals surface area contributed by atoms with Gasteiger partial charge in [-0.3, -0.25) is 0 Å². The molecule has 0 radical (unpaired) electrons. The third kappa shape index (κ3) is 2.77. The number of benzene rings is 1. The van der Waals surface area contributed by atoms with Crippen LogP contribution in [0.15, 0.2) is 12.1 Å². The summed E-state index contributed by atoms with van der Waals surface area (Å²) in [6.45, 7) is 3.23. The molecule has 1 saturated heterocycles. The van der Waals surface area contributed by atoms with Gasteiger partial charge in [-0.25, -0.2) is 4.39 Å². The molecule has 2 atom stereocenters. The molecule has 0 saturated carbocycles. The van der Waals surface area contributed by atoms with Crippen molar-refractivity contribution in [2.75, 3.05) is 19.8 Å². The third-order valence-electron chi connectivity index (χ3n) is 2.88. The fraction of sp³-hybridized carbons (Fsp3) is 0.500. The highest BCUT2D eigenvalue weighted by Gasteiger charge is 2.25. The van der Waals surface area contributed by atoms with Crippen molar-refractivity contribution >= 4 is 11.6 Å². The van der Waals surface area contributed by atoms with E-state index in [2.05, 4.69) is 0 Å². The van der Waals surface area contributed by atoms with Gasteiger partial charge in [0, 0.05) is 5.02 Å². The van der Waals surface area contributed by atoms with Crippen molar-refractivity contribution in [1.82, 2.24) is 0 Å². The molecule has 0 aromatic heterocycles. The zero-order valence-electron chi connectivity index (χ0n) is 9.58. The summed E-state index contributed by atoms with van der Waals surface area (Å²) in [4.78, 5) is 0. The van der Waals surface area contributed by atoms with Gasteiger partial charge < -0.3 is 15.2 Å². The highest BCUT2D eigenvalue weighted by Crippen LogP contribution is 2.28. The van der Waals surface area contributed by atoms with Crippen molar-refractivity contribution in [1.29, 1.82) is 0 Å². The summed E-state index contributed by atoms with van der Waals surface area (Å²) in [6, 6.07) is 2.55. The maximum absolute atomic E-state index is 13.3. The lowest BCUT2D eigenvalue weighted by Crippen LogP contribution is -2.38. The quantitative estimate of drug-likeness (QED) is 0.886. The Morgan fingerprint density at radius 3 is 2.88 bits per heavy atom. The highest BCUT2D eigenvalue weighted by molar-refractivity contribution is 6.31. The Labute approximate surface area is 105 Å². The maximum atomic E-state index is 13.3. The van der Waals surface area contributed by atoms with Crippen LogP contribution in [0.4, 0.5) is 4.39 Å². The monoisotopic (exact) mass is 259 g/mol. The topological polar surface area (TPSA) is 44.5 Å². The van der Waals surface area contributed by atoms with Gasteiger partial charge in [-0.1, -0.05) is 17.7 Å². The lowest BCUT2D eigenvalue weighted by molar-refractivity contribution is -0.0975. The van der Waals surface area contributed by atoms with Gasteiger partial charge in [0.15, 0.2) is 0 Å². The van der Waals surface area contributed by atoms with Gasteiger partial charge in [0.1, 0.15) is 11.9 Å². The van der Waals surface area contributed by atoms with E-state index < -0.39 is 6.04 Å². The number of hydrogen-bond donors (Lipinski definition) is 1. The SMILES string of the molecule is Cc1cc(C(N)C2COCCO2)c(Cl)cc1F. The van der Waals surface area contributed by atoms with Gasteiger partial charge >= 0.3 is 0 Å². The molecular formula is C12H15ClFNO2. The first-order valence-electron chi connectivity index (χ1n) is 5.50. The molecule has 1 fully saturated rings. The summed E-state index contributed by atoms with van der Waals surface area (Å²) < 4.78 is 24.1. The van der Waals surface area contributed by atoms with Crippen molar-refractivity contribution in [3.8, 4) is 0 Å². The molecule has 1 aliphatic rings. The molecule has 0 spiro atoms.